The molecule has 0 aliphatic carbocycles. The van der Waals surface area contributed by atoms with E-state index < -0.39 is 40.3 Å². The average molecular weight is 403 g/mol. The van der Waals surface area contributed by atoms with Gasteiger partial charge in [0.2, 0.25) is 0 Å². The van der Waals surface area contributed by atoms with Gasteiger partial charge in [-0.3, -0.25) is 19.7 Å². The third-order valence-corrected chi connectivity index (χ3v) is 5.07. The molecule has 1 aliphatic heterocycles. The Kier molecular flexibility index (Phi) is 6.81. The SMILES string of the molecule is COC(=O)[C@H]1CN(C(=O)COC(=O)c2ccc(Cl)c([N+](=O)[O-])c2)CCS1. The van der Waals surface area contributed by atoms with Crippen LogP contribution in [0, 0.1) is 10.1 Å². The first kappa shape index (κ1) is 20.0. The van der Waals surface area contributed by atoms with Crippen LogP contribution in [0.5, 0.6) is 0 Å². The normalized spacial score (nSPS) is 16.7. The van der Waals surface area contributed by atoms with E-state index in [-0.39, 0.29) is 17.1 Å². The van der Waals surface area contributed by atoms with Crippen molar-refractivity contribution in [3.63, 3.8) is 0 Å². The highest BCUT2D eigenvalue weighted by molar-refractivity contribution is 8.00. The van der Waals surface area contributed by atoms with E-state index in [1.165, 1.54) is 35.9 Å². The number of rotatable bonds is 5. The van der Waals surface area contributed by atoms with Crippen LogP contribution in [0.1, 0.15) is 10.4 Å². The monoisotopic (exact) mass is 402 g/mol. The van der Waals surface area contributed by atoms with Crippen LogP contribution in [-0.2, 0) is 19.1 Å². The Balaban J connectivity index is 1.94. The van der Waals surface area contributed by atoms with Crippen molar-refractivity contribution in [2.45, 2.75) is 5.25 Å². The largest absolute Gasteiger partial charge is 0.468 e. The lowest BCUT2D eigenvalue weighted by atomic mass is 10.2. The molecule has 0 aromatic heterocycles. The van der Waals surface area contributed by atoms with Crippen LogP contribution < -0.4 is 0 Å². The van der Waals surface area contributed by atoms with Crippen LogP contribution in [0.2, 0.25) is 5.02 Å². The zero-order valence-electron chi connectivity index (χ0n) is 13.7. The van der Waals surface area contributed by atoms with Crippen molar-refractivity contribution in [1.82, 2.24) is 4.90 Å². The summed E-state index contributed by atoms with van der Waals surface area (Å²) in [5.74, 6) is -1.20. The van der Waals surface area contributed by atoms with Crippen LogP contribution in [0.4, 0.5) is 5.69 Å². The Morgan fingerprint density at radius 2 is 2.15 bits per heavy atom. The average Bonchev–Trinajstić information content (AvgIpc) is 2.65. The molecule has 9 nitrogen and oxygen atoms in total. The predicted molar refractivity (Wildman–Crippen MR) is 93.2 cm³/mol. The second-order valence-corrected chi connectivity index (χ2v) is 6.94. The first-order valence-electron chi connectivity index (χ1n) is 7.41. The molecule has 1 saturated heterocycles. The first-order valence-corrected chi connectivity index (χ1v) is 8.84. The predicted octanol–water partition coefficient (Wildman–Crippen LogP) is 1.52. The lowest BCUT2D eigenvalue weighted by molar-refractivity contribution is -0.384. The van der Waals surface area contributed by atoms with Crippen LogP contribution >= 0.6 is 23.4 Å². The van der Waals surface area contributed by atoms with Crippen LogP contribution in [-0.4, -0.2) is 65.5 Å². The van der Waals surface area contributed by atoms with E-state index >= 15 is 0 Å². The lowest BCUT2D eigenvalue weighted by Crippen LogP contribution is -2.46. The zero-order valence-corrected chi connectivity index (χ0v) is 15.2. The minimum Gasteiger partial charge on any atom is -0.468 e. The molecular weight excluding hydrogens is 388 g/mol. The summed E-state index contributed by atoms with van der Waals surface area (Å²) in [6.45, 7) is 0.0505. The molecule has 2 rings (SSSR count). The fraction of sp³-hybridized carbons (Fsp3) is 0.400. The van der Waals surface area contributed by atoms with E-state index in [2.05, 4.69) is 4.74 Å². The second kappa shape index (κ2) is 8.86. The smallest absolute Gasteiger partial charge is 0.338 e. The fourth-order valence-electron chi connectivity index (χ4n) is 2.23. The number of hydrogen-bond donors (Lipinski definition) is 0. The number of halogens is 1. The molecule has 1 atom stereocenters. The third-order valence-electron chi connectivity index (χ3n) is 3.59. The summed E-state index contributed by atoms with van der Waals surface area (Å²) >= 11 is 7.07. The molecule has 1 aromatic rings. The van der Waals surface area contributed by atoms with Crippen molar-refractivity contribution >= 4 is 46.9 Å². The Bertz CT molecular complexity index is 743. The Morgan fingerprint density at radius 3 is 2.81 bits per heavy atom. The Labute approximate surface area is 157 Å². The van der Waals surface area contributed by atoms with Gasteiger partial charge in [-0.05, 0) is 12.1 Å². The van der Waals surface area contributed by atoms with Crippen molar-refractivity contribution in [2.24, 2.45) is 0 Å². The maximum Gasteiger partial charge on any atom is 0.338 e. The van der Waals surface area contributed by atoms with E-state index in [4.69, 9.17) is 16.3 Å². The van der Waals surface area contributed by atoms with Gasteiger partial charge in [-0.25, -0.2) is 4.79 Å². The molecule has 1 aromatic carbocycles. The number of nitro benzene ring substituents is 1. The molecule has 1 amide bonds. The van der Waals surface area contributed by atoms with Crippen LogP contribution in [0.25, 0.3) is 0 Å². The molecule has 0 radical (unpaired) electrons. The van der Waals surface area contributed by atoms with E-state index in [0.717, 1.165) is 6.07 Å². The number of thioether (sulfide) groups is 1. The van der Waals surface area contributed by atoms with Gasteiger partial charge in [0.25, 0.3) is 11.6 Å². The van der Waals surface area contributed by atoms with Gasteiger partial charge in [-0.1, -0.05) is 11.6 Å². The van der Waals surface area contributed by atoms with Crippen molar-refractivity contribution in [3.8, 4) is 0 Å². The quantitative estimate of drug-likeness (QED) is 0.413. The zero-order chi connectivity index (χ0) is 19.3. The number of ether oxygens (including phenoxy) is 2. The van der Waals surface area contributed by atoms with Crippen molar-refractivity contribution in [1.29, 1.82) is 0 Å². The highest BCUT2D eigenvalue weighted by atomic mass is 35.5. The van der Waals surface area contributed by atoms with Crippen molar-refractivity contribution in [2.75, 3.05) is 32.6 Å². The number of carbonyl (C=O) groups excluding carboxylic acids is 3. The summed E-state index contributed by atoms with van der Waals surface area (Å²) in [5.41, 5.74) is -0.517. The molecule has 26 heavy (non-hydrogen) atoms. The minimum atomic E-state index is -0.881. The number of carbonyl (C=O) groups is 3. The van der Waals surface area contributed by atoms with E-state index in [1.807, 2.05) is 0 Å². The number of benzene rings is 1. The molecule has 140 valence electrons. The van der Waals surface area contributed by atoms with Gasteiger partial charge in [0.15, 0.2) is 6.61 Å². The number of nitrogens with zero attached hydrogens (tertiary/aromatic N) is 2. The van der Waals surface area contributed by atoms with Crippen molar-refractivity contribution < 1.29 is 28.8 Å². The maximum atomic E-state index is 12.2. The third kappa shape index (κ3) is 4.85. The maximum absolute atomic E-state index is 12.2. The molecule has 1 heterocycles. The molecule has 0 saturated carbocycles. The number of methoxy groups -OCH3 is 1. The van der Waals surface area contributed by atoms with Gasteiger partial charge in [0, 0.05) is 24.9 Å². The standard InChI is InChI=1S/C15H15ClN2O7S/c1-24-15(21)12-7-17(4-5-26-12)13(19)8-25-14(20)9-2-3-10(16)11(6-9)18(22)23/h2-3,6,12H,4-5,7-8H2,1H3/t12-/m1/s1. The van der Waals surface area contributed by atoms with E-state index in [9.17, 15) is 24.5 Å². The molecule has 0 unspecified atom stereocenters. The second-order valence-electron chi connectivity index (χ2n) is 5.22. The lowest BCUT2D eigenvalue weighted by Gasteiger charge is -2.30. The van der Waals surface area contributed by atoms with Crippen LogP contribution in [0.3, 0.4) is 0 Å². The summed E-state index contributed by atoms with van der Waals surface area (Å²) in [6, 6.07) is 3.47. The number of hydrogen-bond acceptors (Lipinski definition) is 8. The molecule has 0 bridgehead atoms. The van der Waals surface area contributed by atoms with Gasteiger partial charge >= 0.3 is 11.9 Å². The highest BCUT2D eigenvalue weighted by Gasteiger charge is 2.30. The van der Waals surface area contributed by atoms with Gasteiger partial charge < -0.3 is 14.4 Å². The minimum absolute atomic E-state index is 0.0875. The van der Waals surface area contributed by atoms with Gasteiger partial charge in [0.05, 0.1) is 17.6 Å². The number of amides is 1. The topological polar surface area (TPSA) is 116 Å². The van der Waals surface area contributed by atoms with Gasteiger partial charge in [-0.15, -0.1) is 11.8 Å². The molecule has 0 spiro atoms. The number of nitro groups is 1. The Morgan fingerprint density at radius 1 is 1.42 bits per heavy atom. The highest BCUT2D eigenvalue weighted by Crippen LogP contribution is 2.25. The van der Waals surface area contributed by atoms with Crippen LogP contribution in [0.15, 0.2) is 18.2 Å². The van der Waals surface area contributed by atoms with Crippen molar-refractivity contribution in [3.05, 3.63) is 38.9 Å². The number of esters is 2. The summed E-state index contributed by atoms with van der Waals surface area (Å²) in [4.78, 5) is 47.3. The van der Waals surface area contributed by atoms with E-state index in [1.54, 1.807) is 0 Å². The first-order chi connectivity index (χ1) is 12.3. The molecule has 1 fully saturated rings. The van der Waals surface area contributed by atoms with E-state index in [0.29, 0.717) is 12.3 Å². The molecule has 1 aliphatic rings. The summed E-state index contributed by atoms with van der Waals surface area (Å²) in [6.07, 6.45) is 0. The van der Waals surface area contributed by atoms with Gasteiger partial charge in [0.1, 0.15) is 10.3 Å². The summed E-state index contributed by atoms with van der Waals surface area (Å²) in [5, 5.41) is 10.3. The molecule has 11 heteroatoms. The summed E-state index contributed by atoms with van der Waals surface area (Å²) < 4.78 is 9.59. The summed E-state index contributed by atoms with van der Waals surface area (Å²) in [7, 11) is 1.27. The molecule has 0 N–H and O–H groups in total. The van der Waals surface area contributed by atoms with Gasteiger partial charge in [-0.2, -0.15) is 0 Å². The molecular formula is C15H15ClN2O7S. The Hall–Kier alpha value is -2.33. The fourth-order valence-corrected chi connectivity index (χ4v) is 3.55.